The van der Waals surface area contributed by atoms with Gasteiger partial charge in [-0.2, -0.15) is 13.2 Å². The number of alkyl halides is 3. The third-order valence-corrected chi connectivity index (χ3v) is 5.25. The van der Waals surface area contributed by atoms with Crippen LogP contribution in [0.2, 0.25) is 0 Å². The van der Waals surface area contributed by atoms with E-state index in [1.807, 2.05) is 0 Å². The summed E-state index contributed by atoms with van der Waals surface area (Å²) in [5, 5.41) is 9.05. The van der Waals surface area contributed by atoms with Gasteiger partial charge in [0.15, 0.2) is 0 Å². The summed E-state index contributed by atoms with van der Waals surface area (Å²) in [6.45, 7) is 1.07. The molecule has 0 radical (unpaired) electrons. The summed E-state index contributed by atoms with van der Waals surface area (Å²) >= 11 is 0. The number of carboxylic acid groups (broad SMARTS) is 1. The Bertz CT molecular complexity index is 911. The van der Waals surface area contributed by atoms with Gasteiger partial charge in [-0.1, -0.05) is 6.07 Å². The predicted molar refractivity (Wildman–Crippen MR) is 91.2 cm³/mol. The fraction of sp³-hybridized carbons (Fsp3) is 0.235. The first kappa shape index (κ1) is 20.6. The van der Waals surface area contributed by atoms with Gasteiger partial charge in [-0.15, -0.1) is 0 Å². The SMILES string of the molecule is CCOc1ccc(S(=O)(=O)N(CC(=O)O)c2cccc(C(F)(F)F)c2)cc1. The molecule has 2 aromatic rings. The fourth-order valence-electron chi connectivity index (χ4n) is 2.28. The first-order valence-corrected chi connectivity index (χ1v) is 9.14. The second-order valence-corrected chi connectivity index (χ2v) is 7.22. The lowest BCUT2D eigenvalue weighted by molar-refractivity contribution is -0.137. The maximum atomic E-state index is 12.9. The number of hydrogen-bond donors (Lipinski definition) is 1. The lowest BCUT2D eigenvalue weighted by atomic mass is 10.2. The van der Waals surface area contributed by atoms with E-state index in [4.69, 9.17) is 9.84 Å². The van der Waals surface area contributed by atoms with E-state index in [0.717, 1.165) is 18.2 Å². The molecule has 0 heterocycles. The van der Waals surface area contributed by atoms with Crippen molar-refractivity contribution in [1.29, 1.82) is 0 Å². The molecule has 6 nitrogen and oxygen atoms in total. The van der Waals surface area contributed by atoms with E-state index >= 15 is 0 Å². The molecular weight excluding hydrogens is 387 g/mol. The van der Waals surface area contributed by atoms with Crippen molar-refractivity contribution in [2.75, 3.05) is 17.5 Å². The molecule has 0 amide bonds. The van der Waals surface area contributed by atoms with Gasteiger partial charge in [-0.05, 0) is 49.4 Å². The minimum atomic E-state index is -4.70. The van der Waals surface area contributed by atoms with Crippen LogP contribution in [-0.4, -0.2) is 32.6 Å². The molecule has 0 saturated heterocycles. The van der Waals surface area contributed by atoms with Gasteiger partial charge in [0.05, 0.1) is 22.8 Å². The Labute approximate surface area is 153 Å². The molecule has 146 valence electrons. The summed E-state index contributed by atoms with van der Waals surface area (Å²) in [7, 11) is -4.41. The van der Waals surface area contributed by atoms with Crippen LogP contribution in [0.1, 0.15) is 12.5 Å². The van der Waals surface area contributed by atoms with Crippen LogP contribution in [0.15, 0.2) is 53.4 Å². The maximum Gasteiger partial charge on any atom is 0.416 e. The van der Waals surface area contributed by atoms with Crippen molar-refractivity contribution in [1.82, 2.24) is 0 Å². The van der Waals surface area contributed by atoms with Gasteiger partial charge in [0.2, 0.25) is 0 Å². The van der Waals surface area contributed by atoms with Gasteiger partial charge in [-0.3, -0.25) is 9.10 Å². The molecular formula is C17H16F3NO5S. The minimum Gasteiger partial charge on any atom is -0.494 e. The van der Waals surface area contributed by atoms with Gasteiger partial charge >= 0.3 is 12.1 Å². The van der Waals surface area contributed by atoms with Crippen molar-refractivity contribution in [3.63, 3.8) is 0 Å². The van der Waals surface area contributed by atoms with E-state index in [0.29, 0.717) is 22.7 Å². The molecule has 0 fully saturated rings. The van der Waals surface area contributed by atoms with Crippen LogP contribution in [0.4, 0.5) is 18.9 Å². The van der Waals surface area contributed by atoms with Gasteiger partial charge in [0.1, 0.15) is 12.3 Å². The highest BCUT2D eigenvalue weighted by Gasteiger charge is 2.33. The van der Waals surface area contributed by atoms with E-state index in [2.05, 4.69) is 0 Å². The van der Waals surface area contributed by atoms with Crippen LogP contribution < -0.4 is 9.04 Å². The molecule has 0 spiro atoms. The Morgan fingerprint density at radius 2 is 1.78 bits per heavy atom. The summed E-state index contributed by atoms with van der Waals surface area (Å²) in [6.07, 6.45) is -4.70. The molecule has 0 unspecified atom stereocenters. The van der Waals surface area contributed by atoms with Crippen molar-refractivity contribution in [3.8, 4) is 5.75 Å². The molecule has 0 aliphatic heterocycles. The molecule has 0 aromatic heterocycles. The van der Waals surface area contributed by atoms with Crippen molar-refractivity contribution < 1.29 is 36.2 Å². The van der Waals surface area contributed by atoms with Crippen molar-refractivity contribution >= 4 is 21.7 Å². The third-order valence-electron chi connectivity index (χ3n) is 3.46. The van der Waals surface area contributed by atoms with Crippen molar-refractivity contribution in [2.45, 2.75) is 18.0 Å². The summed E-state index contributed by atoms with van der Waals surface area (Å²) in [5.74, 6) is -1.11. The number of carboxylic acids is 1. The summed E-state index contributed by atoms with van der Waals surface area (Å²) < 4.78 is 70.1. The highest BCUT2D eigenvalue weighted by atomic mass is 32.2. The largest absolute Gasteiger partial charge is 0.494 e. The number of anilines is 1. The number of benzene rings is 2. The lowest BCUT2D eigenvalue weighted by Crippen LogP contribution is -2.35. The second kappa shape index (κ2) is 7.87. The number of nitrogens with zero attached hydrogens (tertiary/aromatic N) is 1. The average molecular weight is 403 g/mol. The number of carbonyl (C=O) groups is 1. The minimum absolute atomic E-state index is 0.274. The van der Waals surface area contributed by atoms with Gasteiger partial charge in [-0.25, -0.2) is 8.42 Å². The first-order valence-electron chi connectivity index (χ1n) is 7.70. The molecule has 2 aromatic carbocycles. The first-order chi connectivity index (χ1) is 12.6. The average Bonchev–Trinajstić information content (AvgIpc) is 2.59. The summed E-state index contributed by atoms with van der Waals surface area (Å²) in [5.41, 5.74) is -1.49. The van der Waals surface area contributed by atoms with Crippen LogP contribution >= 0.6 is 0 Å². The van der Waals surface area contributed by atoms with Crippen LogP contribution in [-0.2, 0) is 21.0 Å². The number of sulfonamides is 1. The maximum absolute atomic E-state index is 12.9. The van der Waals surface area contributed by atoms with Crippen LogP contribution in [0.25, 0.3) is 0 Å². The molecule has 1 N–H and O–H groups in total. The van der Waals surface area contributed by atoms with Crippen molar-refractivity contribution in [3.05, 3.63) is 54.1 Å². The van der Waals surface area contributed by atoms with Crippen LogP contribution in [0, 0.1) is 0 Å². The fourth-order valence-corrected chi connectivity index (χ4v) is 3.68. The molecule has 10 heteroatoms. The molecule has 0 aliphatic carbocycles. The van der Waals surface area contributed by atoms with Gasteiger partial charge in [0.25, 0.3) is 10.0 Å². The van der Waals surface area contributed by atoms with E-state index in [-0.39, 0.29) is 4.90 Å². The summed E-state index contributed by atoms with van der Waals surface area (Å²) in [4.78, 5) is 10.9. The zero-order valence-electron chi connectivity index (χ0n) is 14.1. The highest BCUT2D eigenvalue weighted by Crippen LogP contribution is 2.33. The molecule has 0 bridgehead atoms. The molecule has 27 heavy (non-hydrogen) atoms. The van der Waals surface area contributed by atoms with Gasteiger partial charge in [0, 0.05) is 0 Å². The number of halogens is 3. The molecule has 2 rings (SSSR count). The second-order valence-electron chi connectivity index (χ2n) is 5.36. The molecule has 0 saturated carbocycles. The molecule has 0 atom stereocenters. The Morgan fingerprint density at radius 3 is 2.30 bits per heavy atom. The zero-order valence-corrected chi connectivity index (χ0v) is 14.9. The van der Waals surface area contributed by atoms with Crippen LogP contribution in [0.5, 0.6) is 5.75 Å². The standard InChI is InChI=1S/C17H16F3NO5S/c1-2-26-14-6-8-15(9-7-14)27(24,25)21(11-16(22)23)13-5-3-4-12(10-13)17(18,19)20/h3-10H,2,11H2,1H3,(H,22,23). The smallest absolute Gasteiger partial charge is 0.416 e. The predicted octanol–water partition coefficient (Wildman–Crippen LogP) is 3.38. The summed E-state index contributed by atoms with van der Waals surface area (Å²) in [6, 6.07) is 8.63. The highest BCUT2D eigenvalue weighted by molar-refractivity contribution is 7.92. The third kappa shape index (κ3) is 4.91. The normalized spacial score (nSPS) is 11.9. The van der Waals surface area contributed by atoms with E-state index in [1.165, 1.54) is 24.3 Å². The topological polar surface area (TPSA) is 83.9 Å². The number of aliphatic carboxylic acids is 1. The van der Waals surface area contributed by atoms with E-state index in [1.54, 1.807) is 6.92 Å². The Kier molecular flexibility index (Phi) is 5.99. The van der Waals surface area contributed by atoms with Crippen molar-refractivity contribution in [2.24, 2.45) is 0 Å². The Hall–Kier alpha value is -2.75. The lowest BCUT2D eigenvalue weighted by Gasteiger charge is -2.23. The number of ether oxygens (including phenoxy) is 1. The quantitative estimate of drug-likeness (QED) is 0.766. The Morgan fingerprint density at radius 1 is 1.15 bits per heavy atom. The molecule has 0 aliphatic rings. The van der Waals surface area contributed by atoms with E-state index < -0.39 is 40.0 Å². The number of hydrogen-bond acceptors (Lipinski definition) is 4. The monoisotopic (exact) mass is 403 g/mol. The number of rotatable bonds is 7. The van der Waals surface area contributed by atoms with Crippen LogP contribution in [0.3, 0.4) is 0 Å². The Balaban J connectivity index is 2.50. The zero-order chi connectivity index (χ0) is 20.2. The van der Waals surface area contributed by atoms with Gasteiger partial charge < -0.3 is 9.84 Å². The van der Waals surface area contributed by atoms with E-state index in [9.17, 15) is 26.4 Å².